The zero-order chi connectivity index (χ0) is 18.1. The second kappa shape index (κ2) is 6.45. The zero-order valence-electron chi connectivity index (χ0n) is 13.4. The predicted molar refractivity (Wildman–Crippen MR) is 103 cm³/mol. The SMILES string of the molecule is O=C(O)c1ccc(Nc2nc(O)c(C=C3C=Nc4ccccc43)s2)cc1. The molecular weight excluding hydrogens is 350 g/mol. The molecule has 7 heteroatoms. The number of aromatic nitrogens is 1. The number of fused-ring (bicyclic) bond motifs is 1. The van der Waals surface area contributed by atoms with Gasteiger partial charge in [-0.1, -0.05) is 29.5 Å². The van der Waals surface area contributed by atoms with E-state index in [1.807, 2.05) is 30.3 Å². The number of benzene rings is 2. The minimum absolute atomic E-state index is 0.0649. The Bertz CT molecular complexity index is 1050. The summed E-state index contributed by atoms with van der Waals surface area (Å²) in [6, 6.07) is 14.1. The molecule has 0 spiro atoms. The first kappa shape index (κ1) is 16.0. The molecule has 128 valence electrons. The third kappa shape index (κ3) is 3.07. The van der Waals surface area contributed by atoms with Crippen LogP contribution in [0.15, 0.2) is 53.5 Å². The largest absolute Gasteiger partial charge is 0.492 e. The maximum absolute atomic E-state index is 10.9. The minimum Gasteiger partial charge on any atom is -0.492 e. The molecule has 0 saturated heterocycles. The molecule has 0 radical (unpaired) electrons. The molecule has 0 saturated carbocycles. The molecule has 3 aromatic rings. The highest BCUT2D eigenvalue weighted by Crippen LogP contribution is 2.37. The van der Waals surface area contributed by atoms with Gasteiger partial charge < -0.3 is 15.5 Å². The molecular formula is C19H13N3O3S. The summed E-state index contributed by atoms with van der Waals surface area (Å²) in [5, 5.41) is 22.6. The number of carboxylic acids is 1. The Morgan fingerprint density at radius 2 is 1.88 bits per heavy atom. The first-order valence-electron chi connectivity index (χ1n) is 7.75. The number of hydrogen-bond donors (Lipinski definition) is 3. The van der Waals surface area contributed by atoms with Crippen LogP contribution in [0.1, 0.15) is 20.8 Å². The highest BCUT2D eigenvalue weighted by Gasteiger charge is 2.14. The van der Waals surface area contributed by atoms with Crippen LogP contribution < -0.4 is 5.32 Å². The molecule has 0 fully saturated rings. The van der Waals surface area contributed by atoms with E-state index in [1.54, 1.807) is 18.3 Å². The molecule has 0 bridgehead atoms. The summed E-state index contributed by atoms with van der Waals surface area (Å²) in [5.74, 6) is -1.04. The fourth-order valence-corrected chi connectivity index (χ4v) is 3.42. The molecule has 0 unspecified atom stereocenters. The number of carboxylic acid groups (broad SMARTS) is 1. The highest BCUT2D eigenvalue weighted by molar-refractivity contribution is 7.16. The number of carbonyl (C=O) groups is 1. The van der Waals surface area contributed by atoms with Gasteiger partial charge in [-0.3, -0.25) is 4.99 Å². The lowest BCUT2D eigenvalue weighted by atomic mass is 10.1. The van der Waals surface area contributed by atoms with E-state index in [4.69, 9.17) is 5.11 Å². The fraction of sp³-hybridized carbons (Fsp3) is 0. The van der Waals surface area contributed by atoms with Crippen molar-refractivity contribution < 1.29 is 15.0 Å². The van der Waals surface area contributed by atoms with E-state index in [-0.39, 0.29) is 11.4 Å². The number of hydrogen-bond acceptors (Lipinski definition) is 6. The first-order chi connectivity index (χ1) is 12.6. The first-order valence-corrected chi connectivity index (χ1v) is 8.57. The van der Waals surface area contributed by atoms with E-state index in [1.165, 1.54) is 23.5 Å². The Hall–Kier alpha value is -3.45. The molecule has 26 heavy (non-hydrogen) atoms. The van der Waals surface area contributed by atoms with Crippen LogP contribution in [0.2, 0.25) is 0 Å². The number of rotatable bonds is 4. The Morgan fingerprint density at radius 1 is 1.12 bits per heavy atom. The van der Waals surface area contributed by atoms with Gasteiger partial charge in [0.25, 0.3) is 0 Å². The van der Waals surface area contributed by atoms with Gasteiger partial charge in [0.15, 0.2) is 5.13 Å². The van der Waals surface area contributed by atoms with Crippen LogP contribution in [-0.2, 0) is 0 Å². The van der Waals surface area contributed by atoms with E-state index >= 15 is 0 Å². The van der Waals surface area contributed by atoms with Crippen LogP contribution >= 0.6 is 11.3 Å². The summed E-state index contributed by atoms with van der Waals surface area (Å²) in [6.07, 6.45) is 3.61. The summed E-state index contributed by atoms with van der Waals surface area (Å²) in [4.78, 5) is 20.0. The van der Waals surface area contributed by atoms with Crippen molar-refractivity contribution in [1.29, 1.82) is 0 Å². The maximum Gasteiger partial charge on any atom is 0.335 e. The lowest BCUT2D eigenvalue weighted by molar-refractivity contribution is 0.0697. The standard InChI is InChI=1S/C19H13N3O3S/c23-17-16(9-12-10-20-15-4-2-1-3-14(12)15)26-19(22-17)21-13-7-5-11(6-8-13)18(24)25/h1-10,23H,(H,21,22)(H,24,25). The van der Waals surface area contributed by atoms with Crippen molar-refractivity contribution in [2.24, 2.45) is 4.99 Å². The number of aliphatic imine (C=N–C) groups is 1. The van der Waals surface area contributed by atoms with Gasteiger partial charge in [-0.2, -0.15) is 4.98 Å². The van der Waals surface area contributed by atoms with Crippen LogP contribution in [0, 0.1) is 0 Å². The molecule has 0 amide bonds. The molecule has 6 nitrogen and oxygen atoms in total. The molecule has 2 heterocycles. The Labute approximate surface area is 152 Å². The second-order valence-corrected chi connectivity index (χ2v) is 6.62. The van der Waals surface area contributed by atoms with Crippen molar-refractivity contribution in [3.05, 3.63) is 64.5 Å². The van der Waals surface area contributed by atoms with Gasteiger partial charge in [-0.25, -0.2) is 4.79 Å². The summed E-state index contributed by atoms with van der Waals surface area (Å²) >= 11 is 1.30. The normalized spacial score (nSPS) is 13.8. The quantitative estimate of drug-likeness (QED) is 0.632. The van der Waals surface area contributed by atoms with E-state index in [2.05, 4.69) is 15.3 Å². The van der Waals surface area contributed by atoms with Crippen LogP contribution in [-0.4, -0.2) is 27.4 Å². The minimum atomic E-state index is -0.976. The van der Waals surface area contributed by atoms with Gasteiger partial charge in [-0.15, -0.1) is 0 Å². The monoisotopic (exact) mass is 363 g/mol. The molecule has 2 aromatic carbocycles. The predicted octanol–water partition coefficient (Wildman–Crippen LogP) is 4.55. The average molecular weight is 363 g/mol. The Kier molecular flexibility index (Phi) is 3.98. The van der Waals surface area contributed by atoms with Gasteiger partial charge >= 0.3 is 5.97 Å². The number of allylic oxidation sites excluding steroid dienone is 1. The van der Waals surface area contributed by atoms with Crippen molar-refractivity contribution in [1.82, 2.24) is 4.98 Å². The number of anilines is 2. The number of nitrogens with zero attached hydrogens (tertiary/aromatic N) is 2. The summed E-state index contributed by atoms with van der Waals surface area (Å²) in [7, 11) is 0. The van der Waals surface area contributed by atoms with Crippen LogP contribution in [0.3, 0.4) is 0 Å². The van der Waals surface area contributed by atoms with Crippen molar-refractivity contribution >= 4 is 51.7 Å². The van der Waals surface area contributed by atoms with E-state index in [0.717, 1.165) is 16.8 Å². The van der Waals surface area contributed by atoms with Gasteiger partial charge in [-0.05, 0) is 36.4 Å². The Morgan fingerprint density at radius 3 is 2.65 bits per heavy atom. The Balaban J connectivity index is 1.58. The molecule has 0 atom stereocenters. The van der Waals surface area contributed by atoms with Crippen molar-refractivity contribution in [3.63, 3.8) is 0 Å². The van der Waals surface area contributed by atoms with Crippen LogP contribution in [0.5, 0.6) is 5.88 Å². The van der Waals surface area contributed by atoms with Crippen LogP contribution in [0.25, 0.3) is 11.6 Å². The van der Waals surface area contributed by atoms with Crippen molar-refractivity contribution in [2.75, 3.05) is 5.32 Å². The third-order valence-electron chi connectivity index (χ3n) is 3.86. The topological polar surface area (TPSA) is 94.8 Å². The fourth-order valence-electron chi connectivity index (χ4n) is 2.59. The van der Waals surface area contributed by atoms with E-state index < -0.39 is 5.97 Å². The number of thiazole rings is 1. The summed E-state index contributed by atoms with van der Waals surface area (Å²) < 4.78 is 0. The smallest absolute Gasteiger partial charge is 0.335 e. The molecule has 0 aliphatic carbocycles. The van der Waals surface area contributed by atoms with Gasteiger partial charge in [0.1, 0.15) is 0 Å². The molecule has 4 rings (SSSR count). The number of aromatic hydroxyl groups is 1. The van der Waals surface area contributed by atoms with E-state index in [9.17, 15) is 9.90 Å². The summed E-state index contributed by atoms with van der Waals surface area (Å²) in [6.45, 7) is 0. The average Bonchev–Trinajstić information content (AvgIpc) is 3.20. The lowest BCUT2D eigenvalue weighted by Gasteiger charge is -2.02. The number of aromatic carboxylic acids is 1. The molecule has 1 aromatic heterocycles. The third-order valence-corrected chi connectivity index (χ3v) is 4.77. The van der Waals surface area contributed by atoms with Crippen molar-refractivity contribution in [2.45, 2.75) is 0 Å². The summed E-state index contributed by atoms with van der Waals surface area (Å²) in [5.41, 5.74) is 3.73. The van der Waals surface area contributed by atoms with Gasteiger partial charge in [0, 0.05) is 23.0 Å². The lowest BCUT2D eigenvalue weighted by Crippen LogP contribution is -1.96. The number of nitrogens with one attached hydrogen (secondary N) is 1. The van der Waals surface area contributed by atoms with Gasteiger partial charge in [0.2, 0.25) is 5.88 Å². The molecule has 1 aliphatic heterocycles. The van der Waals surface area contributed by atoms with E-state index in [0.29, 0.717) is 15.7 Å². The number of para-hydroxylation sites is 1. The van der Waals surface area contributed by atoms with Crippen molar-refractivity contribution in [3.8, 4) is 5.88 Å². The molecule has 1 aliphatic rings. The molecule has 3 N–H and O–H groups in total. The second-order valence-electron chi connectivity index (χ2n) is 5.59. The highest BCUT2D eigenvalue weighted by atomic mass is 32.1. The van der Waals surface area contributed by atoms with Crippen LogP contribution in [0.4, 0.5) is 16.5 Å². The zero-order valence-corrected chi connectivity index (χ0v) is 14.2. The van der Waals surface area contributed by atoms with Gasteiger partial charge in [0.05, 0.1) is 16.1 Å². The maximum atomic E-state index is 10.9.